The van der Waals surface area contributed by atoms with E-state index in [-0.39, 0.29) is 36.0 Å². The van der Waals surface area contributed by atoms with Crippen LogP contribution in [-0.4, -0.2) is 59.6 Å². The normalized spacial score (nSPS) is 23.8. The lowest BCUT2D eigenvalue weighted by Gasteiger charge is -2.52. The number of piperidine rings is 1. The molecule has 1 aliphatic carbocycles. The maximum absolute atomic E-state index is 13.2. The Morgan fingerprint density at radius 3 is 2.76 bits per heavy atom. The lowest BCUT2D eigenvalue weighted by Crippen LogP contribution is -2.61. The van der Waals surface area contributed by atoms with Crippen molar-refractivity contribution in [2.75, 3.05) is 26.7 Å². The van der Waals surface area contributed by atoms with E-state index >= 15 is 0 Å². The Bertz CT molecular complexity index is 886. The molecule has 0 aromatic heterocycles. The summed E-state index contributed by atoms with van der Waals surface area (Å²) in [5, 5.41) is 10.1. The number of hydrogen-bond acceptors (Lipinski definition) is 4. The molecule has 1 aliphatic heterocycles. The summed E-state index contributed by atoms with van der Waals surface area (Å²) >= 11 is 0. The van der Waals surface area contributed by atoms with Gasteiger partial charge >= 0.3 is 0 Å². The molecule has 3 atom stereocenters. The van der Waals surface area contributed by atoms with Crippen LogP contribution in [0.5, 0.6) is 5.75 Å². The van der Waals surface area contributed by atoms with Gasteiger partial charge in [0.1, 0.15) is 11.6 Å². The van der Waals surface area contributed by atoms with Crippen molar-refractivity contribution < 1.29 is 14.3 Å². The highest BCUT2D eigenvalue weighted by molar-refractivity contribution is 5.76. The fraction of sp³-hybridized carbons (Fsp3) is 0.435. The smallest absolute Gasteiger partial charge is 0.231 e. The van der Waals surface area contributed by atoms with E-state index in [1.54, 1.807) is 18.2 Å². The summed E-state index contributed by atoms with van der Waals surface area (Å²) in [5.41, 5.74) is 9.11. The molecular formula is C23H28FN3O2. The number of rotatable bonds is 6. The van der Waals surface area contributed by atoms with Gasteiger partial charge in [-0.05, 0) is 73.8 Å². The third-order valence-electron chi connectivity index (χ3n) is 6.50. The van der Waals surface area contributed by atoms with Crippen molar-refractivity contribution in [3.8, 4) is 5.75 Å². The van der Waals surface area contributed by atoms with Gasteiger partial charge in [-0.3, -0.25) is 9.69 Å². The number of hydrogen-bond donors (Lipinski definition) is 2. The van der Waals surface area contributed by atoms with Crippen LogP contribution >= 0.6 is 0 Å². The molecule has 0 saturated carbocycles. The molecule has 2 aliphatic rings. The predicted molar refractivity (Wildman–Crippen MR) is 110 cm³/mol. The van der Waals surface area contributed by atoms with E-state index in [2.05, 4.69) is 16.8 Å². The van der Waals surface area contributed by atoms with Crippen molar-refractivity contribution in [3.63, 3.8) is 0 Å². The number of halogens is 1. The Morgan fingerprint density at radius 1 is 1.28 bits per heavy atom. The Labute approximate surface area is 170 Å². The molecule has 3 N–H and O–H groups in total. The highest BCUT2D eigenvalue weighted by Crippen LogP contribution is 2.43. The van der Waals surface area contributed by atoms with Crippen molar-refractivity contribution >= 4 is 5.91 Å². The molecule has 1 amide bonds. The van der Waals surface area contributed by atoms with Crippen LogP contribution in [0.1, 0.15) is 29.0 Å². The molecule has 0 radical (unpaired) electrons. The molecule has 154 valence electrons. The van der Waals surface area contributed by atoms with Crippen LogP contribution in [0.15, 0.2) is 42.5 Å². The number of phenolic OH excluding ortho intramolecular Hbond substituents is 1. The molecule has 1 saturated heterocycles. The van der Waals surface area contributed by atoms with E-state index in [4.69, 9.17) is 5.73 Å². The maximum Gasteiger partial charge on any atom is 0.231 e. The highest BCUT2D eigenvalue weighted by Gasteiger charge is 2.45. The number of aromatic hydroxyl groups is 1. The van der Waals surface area contributed by atoms with Crippen LogP contribution in [0, 0.1) is 5.82 Å². The molecule has 2 aromatic rings. The fourth-order valence-corrected chi connectivity index (χ4v) is 5.12. The Balaban J connectivity index is 1.63. The molecule has 4 rings (SSSR count). The zero-order chi connectivity index (χ0) is 20.5. The van der Waals surface area contributed by atoms with Crippen LogP contribution in [0.25, 0.3) is 0 Å². The van der Waals surface area contributed by atoms with Crippen molar-refractivity contribution in [1.29, 1.82) is 0 Å². The number of amides is 1. The van der Waals surface area contributed by atoms with E-state index in [1.165, 1.54) is 23.3 Å². The second-order valence-electron chi connectivity index (χ2n) is 8.33. The summed E-state index contributed by atoms with van der Waals surface area (Å²) < 4.78 is 13.2. The van der Waals surface area contributed by atoms with Gasteiger partial charge in [-0.15, -0.1) is 0 Å². The van der Waals surface area contributed by atoms with E-state index in [9.17, 15) is 14.3 Å². The summed E-state index contributed by atoms with van der Waals surface area (Å²) in [6, 6.07) is 12.6. The molecule has 0 unspecified atom stereocenters. The minimum absolute atomic E-state index is 0.149. The zero-order valence-electron chi connectivity index (χ0n) is 16.7. The second kappa shape index (κ2) is 8.13. The molecular weight excluding hydrogens is 369 g/mol. The van der Waals surface area contributed by atoms with Gasteiger partial charge in [-0.2, -0.15) is 0 Å². The van der Waals surface area contributed by atoms with Crippen molar-refractivity contribution in [2.45, 2.75) is 37.3 Å². The van der Waals surface area contributed by atoms with Gasteiger partial charge in [0.25, 0.3) is 0 Å². The number of benzene rings is 2. The van der Waals surface area contributed by atoms with Crippen LogP contribution < -0.4 is 5.73 Å². The monoisotopic (exact) mass is 397 g/mol. The van der Waals surface area contributed by atoms with Gasteiger partial charge in [0, 0.05) is 24.5 Å². The van der Waals surface area contributed by atoms with Crippen molar-refractivity contribution in [2.24, 2.45) is 5.73 Å². The highest BCUT2D eigenvalue weighted by atomic mass is 19.1. The molecule has 0 spiro atoms. The Hall–Kier alpha value is -2.44. The molecule has 6 heteroatoms. The van der Waals surface area contributed by atoms with Gasteiger partial charge in [-0.25, -0.2) is 4.39 Å². The number of carbonyl (C=O) groups excluding carboxylic acids is 1. The number of fused-ring (bicyclic) bond motifs is 4. The summed E-state index contributed by atoms with van der Waals surface area (Å²) in [4.78, 5) is 16.5. The Kier molecular flexibility index (Phi) is 5.56. The number of carbonyl (C=O) groups is 1. The first-order valence-corrected chi connectivity index (χ1v) is 10.2. The summed E-state index contributed by atoms with van der Waals surface area (Å²) in [6.07, 6.45) is 2.58. The average Bonchev–Trinajstić information content (AvgIpc) is 2.69. The largest absolute Gasteiger partial charge is 0.508 e. The topological polar surface area (TPSA) is 69.8 Å². The fourth-order valence-electron chi connectivity index (χ4n) is 5.12. The van der Waals surface area contributed by atoms with Crippen molar-refractivity contribution in [1.82, 2.24) is 9.80 Å². The van der Waals surface area contributed by atoms with E-state index in [0.717, 1.165) is 31.4 Å². The van der Waals surface area contributed by atoms with Gasteiger partial charge < -0.3 is 15.7 Å². The standard InChI is InChI=1S/C23H28FN3O2/c1-26-10-9-19-20-13-18(28)7-4-16(20)12-21(26)23(19)27(14-22(25)29)11-8-15-2-5-17(24)6-3-15/h2-7,13,19,21,23,28H,8-12,14H2,1H3,(H2,25,29)/t19-,21+,23+/m0/s1. The molecule has 29 heavy (non-hydrogen) atoms. The van der Waals surface area contributed by atoms with Gasteiger partial charge in [0.2, 0.25) is 5.91 Å². The summed E-state index contributed by atoms with van der Waals surface area (Å²) in [7, 11) is 2.14. The van der Waals surface area contributed by atoms with E-state index in [1.807, 2.05) is 12.1 Å². The second-order valence-corrected chi connectivity index (χ2v) is 8.33. The first-order valence-electron chi connectivity index (χ1n) is 10.2. The number of primary amides is 1. The Morgan fingerprint density at radius 2 is 2.03 bits per heavy atom. The predicted octanol–water partition coefficient (Wildman–Crippen LogP) is 2.27. The van der Waals surface area contributed by atoms with Crippen LogP contribution in [-0.2, 0) is 17.6 Å². The number of nitrogens with two attached hydrogens (primary N) is 1. The molecule has 2 aromatic carbocycles. The number of likely N-dealkylation sites (N-methyl/N-ethyl adjacent to an activating group) is 1. The number of nitrogens with zero attached hydrogens (tertiary/aromatic N) is 2. The third kappa shape index (κ3) is 4.14. The lowest BCUT2D eigenvalue weighted by molar-refractivity contribution is -0.120. The zero-order valence-corrected chi connectivity index (χ0v) is 16.7. The molecule has 1 heterocycles. The average molecular weight is 397 g/mol. The summed E-state index contributed by atoms with van der Waals surface area (Å²) in [6.45, 7) is 1.86. The first-order chi connectivity index (χ1) is 13.9. The molecule has 1 fully saturated rings. The van der Waals surface area contributed by atoms with Crippen LogP contribution in [0.2, 0.25) is 0 Å². The molecule has 2 bridgehead atoms. The van der Waals surface area contributed by atoms with E-state index in [0.29, 0.717) is 12.6 Å². The molecule has 5 nitrogen and oxygen atoms in total. The minimum atomic E-state index is -0.341. The van der Waals surface area contributed by atoms with Crippen LogP contribution in [0.4, 0.5) is 4.39 Å². The first kappa shape index (κ1) is 19.9. The third-order valence-corrected chi connectivity index (χ3v) is 6.50. The van der Waals surface area contributed by atoms with Gasteiger partial charge in [0.15, 0.2) is 0 Å². The maximum atomic E-state index is 13.2. The number of likely N-dealkylation sites (tertiary alicyclic amines) is 1. The SMILES string of the molecule is CN1CC[C@H]2c3cc(O)ccc3C[C@@H]1[C@@H]2N(CCc1ccc(F)cc1)CC(N)=O. The minimum Gasteiger partial charge on any atom is -0.508 e. The summed E-state index contributed by atoms with van der Waals surface area (Å²) in [5.74, 6) is -0.0543. The van der Waals surface area contributed by atoms with Gasteiger partial charge in [-0.1, -0.05) is 18.2 Å². The lowest BCUT2D eigenvalue weighted by atomic mass is 9.71. The van der Waals surface area contributed by atoms with Crippen molar-refractivity contribution in [3.05, 3.63) is 65.0 Å². The van der Waals surface area contributed by atoms with Gasteiger partial charge in [0.05, 0.1) is 6.54 Å². The number of phenols is 1. The van der Waals surface area contributed by atoms with E-state index < -0.39 is 0 Å². The quantitative estimate of drug-likeness (QED) is 0.785. The van der Waals surface area contributed by atoms with Crippen LogP contribution in [0.3, 0.4) is 0 Å².